The lowest BCUT2D eigenvalue weighted by Gasteiger charge is -2.26. The molecule has 26 heavy (non-hydrogen) atoms. The SMILES string of the molecule is c1ccc([C@@H]2[C@@H](c3ccccc3)[n+]3ccccc3-c3cccc[n+]32)cc1. The summed E-state index contributed by atoms with van der Waals surface area (Å²) >= 11 is 0. The zero-order chi connectivity index (χ0) is 17.3. The van der Waals surface area contributed by atoms with Crippen molar-refractivity contribution in [2.45, 2.75) is 12.1 Å². The number of hydrogen-bond donors (Lipinski definition) is 0. The molecule has 1 aliphatic heterocycles. The topological polar surface area (TPSA) is 7.76 Å². The first kappa shape index (κ1) is 15.0. The fraction of sp³-hybridized carbons (Fsp3) is 0.0833. The summed E-state index contributed by atoms with van der Waals surface area (Å²) in [5, 5.41) is 0. The summed E-state index contributed by atoms with van der Waals surface area (Å²) in [6, 6.07) is 35.0. The predicted octanol–water partition coefficient (Wildman–Crippen LogP) is 4.12. The number of hydrogen-bond acceptors (Lipinski definition) is 0. The molecule has 124 valence electrons. The second-order valence-corrected chi connectivity index (χ2v) is 6.70. The Bertz CT molecular complexity index is 955. The van der Waals surface area contributed by atoms with Crippen LogP contribution < -0.4 is 9.13 Å². The fourth-order valence-corrected chi connectivity index (χ4v) is 4.12. The summed E-state index contributed by atoms with van der Waals surface area (Å²) in [6.07, 6.45) is 4.42. The molecule has 0 saturated carbocycles. The van der Waals surface area contributed by atoms with E-state index in [9.17, 15) is 0 Å². The minimum atomic E-state index is 0.203. The van der Waals surface area contributed by atoms with Gasteiger partial charge in [-0.1, -0.05) is 60.7 Å². The normalized spacial score (nSPS) is 18.0. The molecule has 0 fully saturated rings. The highest BCUT2D eigenvalue weighted by Crippen LogP contribution is 2.34. The molecule has 2 atom stereocenters. The minimum absolute atomic E-state index is 0.203. The maximum atomic E-state index is 2.42. The molecule has 0 amide bonds. The molecule has 2 aromatic carbocycles. The molecule has 0 aliphatic carbocycles. The van der Waals surface area contributed by atoms with Crippen molar-refractivity contribution in [2.75, 3.05) is 0 Å². The molecule has 0 unspecified atom stereocenters. The number of aromatic nitrogens is 2. The summed E-state index contributed by atoms with van der Waals surface area (Å²) in [7, 11) is 0. The first-order valence-electron chi connectivity index (χ1n) is 9.04. The highest BCUT2D eigenvalue weighted by atomic mass is 15.2. The Morgan fingerprint density at radius 1 is 0.423 bits per heavy atom. The van der Waals surface area contributed by atoms with Gasteiger partial charge in [0, 0.05) is 35.4 Å². The monoisotopic (exact) mass is 336 g/mol. The van der Waals surface area contributed by atoms with Crippen LogP contribution in [-0.2, 0) is 0 Å². The van der Waals surface area contributed by atoms with E-state index in [2.05, 4.69) is 119 Å². The van der Waals surface area contributed by atoms with E-state index in [1.807, 2.05) is 0 Å². The molecule has 2 nitrogen and oxygen atoms in total. The number of fused-ring (bicyclic) bond motifs is 3. The third-order valence-electron chi connectivity index (χ3n) is 5.22. The van der Waals surface area contributed by atoms with Gasteiger partial charge < -0.3 is 0 Å². The smallest absolute Gasteiger partial charge is 0.179 e. The van der Waals surface area contributed by atoms with E-state index < -0.39 is 0 Å². The Morgan fingerprint density at radius 3 is 1.23 bits per heavy atom. The van der Waals surface area contributed by atoms with E-state index in [0.29, 0.717) is 0 Å². The molecule has 3 heterocycles. The molecule has 5 rings (SSSR count). The van der Waals surface area contributed by atoms with Crippen LogP contribution in [0.4, 0.5) is 0 Å². The highest BCUT2D eigenvalue weighted by Gasteiger charge is 2.47. The van der Waals surface area contributed by atoms with Crippen LogP contribution in [0.25, 0.3) is 11.4 Å². The lowest BCUT2D eigenvalue weighted by atomic mass is 9.89. The van der Waals surface area contributed by atoms with Gasteiger partial charge in [0.2, 0.25) is 12.1 Å². The molecule has 0 spiro atoms. The number of nitrogens with zero attached hydrogens (tertiary/aromatic N) is 2. The Hall–Kier alpha value is -3.26. The molecule has 4 aromatic rings. The van der Waals surface area contributed by atoms with E-state index in [4.69, 9.17) is 0 Å². The van der Waals surface area contributed by atoms with Crippen molar-refractivity contribution in [3.05, 3.63) is 121 Å². The van der Waals surface area contributed by atoms with Gasteiger partial charge in [-0.2, -0.15) is 9.13 Å². The van der Waals surface area contributed by atoms with Gasteiger partial charge in [0.15, 0.2) is 12.4 Å². The lowest BCUT2D eigenvalue weighted by Crippen LogP contribution is -2.60. The maximum Gasteiger partial charge on any atom is 0.278 e. The van der Waals surface area contributed by atoms with Crippen molar-refractivity contribution in [3.8, 4) is 11.4 Å². The second-order valence-electron chi connectivity index (χ2n) is 6.70. The molecule has 0 radical (unpaired) electrons. The van der Waals surface area contributed by atoms with E-state index in [-0.39, 0.29) is 12.1 Å². The number of pyridine rings is 2. The first-order valence-corrected chi connectivity index (χ1v) is 9.04. The summed E-state index contributed by atoms with van der Waals surface area (Å²) in [6.45, 7) is 0. The van der Waals surface area contributed by atoms with Gasteiger partial charge in [0.05, 0.1) is 0 Å². The third-order valence-corrected chi connectivity index (χ3v) is 5.22. The fourth-order valence-electron chi connectivity index (χ4n) is 4.12. The van der Waals surface area contributed by atoms with Crippen LogP contribution in [0.15, 0.2) is 109 Å². The zero-order valence-corrected chi connectivity index (χ0v) is 14.4. The van der Waals surface area contributed by atoms with Crippen LogP contribution in [0, 0.1) is 0 Å². The molecule has 0 N–H and O–H groups in total. The average molecular weight is 336 g/mol. The van der Waals surface area contributed by atoms with Gasteiger partial charge in [-0.3, -0.25) is 0 Å². The van der Waals surface area contributed by atoms with Crippen molar-refractivity contribution in [1.82, 2.24) is 0 Å². The average Bonchev–Trinajstić information content (AvgIpc) is 2.74. The van der Waals surface area contributed by atoms with Crippen molar-refractivity contribution in [3.63, 3.8) is 0 Å². The summed E-state index contributed by atoms with van der Waals surface area (Å²) in [4.78, 5) is 0. The Balaban J connectivity index is 1.83. The van der Waals surface area contributed by atoms with Gasteiger partial charge >= 0.3 is 0 Å². The van der Waals surface area contributed by atoms with E-state index in [1.165, 1.54) is 22.5 Å². The summed E-state index contributed by atoms with van der Waals surface area (Å²) in [5.74, 6) is 0. The van der Waals surface area contributed by atoms with Gasteiger partial charge in [-0.15, -0.1) is 0 Å². The molecule has 0 bridgehead atoms. The van der Waals surface area contributed by atoms with Crippen LogP contribution >= 0.6 is 0 Å². The van der Waals surface area contributed by atoms with Gasteiger partial charge in [0.1, 0.15) is 0 Å². The molecule has 2 aromatic heterocycles. The van der Waals surface area contributed by atoms with Crippen LogP contribution in [0.3, 0.4) is 0 Å². The van der Waals surface area contributed by atoms with Gasteiger partial charge in [-0.25, -0.2) is 0 Å². The molecular weight excluding hydrogens is 316 g/mol. The first-order chi connectivity index (χ1) is 12.9. The van der Waals surface area contributed by atoms with Gasteiger partial charge in [-0.05, 0) is 12.1 Å². The van der Waals surface area contributed by atoms with Crippen LogP contribution in [0.1, 0.15) is 23.2 Å². The molecule has 1 aliphatic rings. The van der Waals surface area contributed by atoms with Crippen molar-refractivity contribution in [2.24, 2.45) is 0 Å². The molecule has 2 heteroatoms. The van der Waals surface area contributed by atoms with Gasteiger partial charge in [0.25, 0.3) is 11.4 Å². The Morgan fingerprint density at radius 2 is 0.808 bits per heavy atom. The zero-order valence-electron chi connectivity index (χ0n) is 14.4. The van der Waals surface area contributed by atoms with Crippen molar-refractivity contribution in [1.29, 1.82) is 0 Å². The van der Waals surface area contributed by atoms with Crippen molar-refractivity contribution < 1.29 is 9.13 Å². The van der Waals surface area contributed by atoms with Crippen LogP contribution in [0.5, 0.6) is 0 Å². The minimum Gasteiger partial charge on any atom is -0.179 e. The largest absolute Gasteiger partial charge is 0.278 e. The summed E-state index contributed by atoms with van der Waals surface area (Å²) < 4.78 is 4.84. The summed E-state index contributed by atoms with van der Waals surface area (Å²) in [5.41, 5.74) is 5.13. The van der Waals surface area contributed by atoms with Crippen LogP contribution in [0.2, 0.25) is 0 Å². The lowest BCUT2D eigenvalue weighted by molar-refractivity contribution is -0.819. The number of benzene rings is 2. The Kier molecular flexibility index (Phi) is 3.60. The van der Waals surface area contributed by atoms with E-state index in [0.717, 1.165) is 0 Å². The predicted molar refractivity (Wildman–Crippen MR) is 101 cm³/mol. The number of rotatable bonds is 2. The van der Waals surface area contributed by atoms with E-state index >= 15 is 0 Å². The van der Waals surface area contributed by atoms with Crippen LogP contribution in [-0.4, -0.2) is 0 Å². The Labute approximate surface area is 153 Å². The standard InChI is InChI=1S/C24H20N2/c1-3-11-19(12-4-1)23-24(20-13-5-2-6-14-20)26-18-10-8-16-22(26)21-15-7-9-17-25(21)23/h1-18,23-24H/q+2/t23-,24-/m1/s1. The second kappa shape index (κ2) is 6.23. The third kappa shape index (κ3) is 2.34. The maximum absolute atomic E-state index is 2.42. The molecular formula is C24H20N2+2. The quantitative estimate of drug-likeness (QED) is 0.487. The highest BCUT2D eigenvalue weighted by molar-refractivity contribution is 5.47. The molecule has 0 saturated heterocycles. The van der Waals surface area contributed by atoms with Crippen molar-refractivity contribution >= 4 is 0 Å². The van der Waals surface area contributed by atoms with E-state index in [1.54, 1.807) is 0 Å².